The van der Waals surface area contributed by atoms with E-state index in [1.165, 1.54) is 12.8 Å². The van der Waals surface area contributed by atoms with Crippen LogP contribution in [0.5, 0.6) is 0 Å². The Morgan fingerprint density at radius 2 is 2.05 bits per heavy atom. The molecule has 1 aliphatic carbocycles. The lowest BCUT2D eigenvalue weighted by Crippen LogP contribution is -2.39. The Kier molecular flexibility index (Phi) is 4.99. The second-order valence-electron chi connectivity index (χ2n) is 5.20. The highest BCUT2D eigenvalue weighted by atomic mass is 79.9. The van der Waals surface area contributed by atoms with Gasteiger partial charge in [0.2, 0.25) is 0 Å². The zero-order valence-corrected chi connectivity index (χ0v) is 12.8. The largest absolute Gasteiger partial charge is 0.480 e. The highest BCUT2D eigenvalue weighted by Crippen LogP contribution is 2.33. The van der Waals surface area contributed by atoms with Gasteiger partial charge in [-0.2, -0.15) is 0 Å². The van der Waals surface area contributed by atoms with Crippen LogP contribution in [-0.2, 0) is 4.79 Å². The van der Waals surface area contributed by atoms with Gasteiger partial charge in [0, 0.05) is 16.6 Å². The van der Waals surface area contributed by atoms with Crippen molar-refractivity contribution < 1.29 is 9.90 Å². The molecule has 1 N–H and O–H groups in total. The lowest BCUT2D eigenvalue weighted by Gasteiger charge is -2.33. The van der Waals surface area contributed by atoms with E-state index in [1.54, 1.807) is 0 Å². The lowest BCUT2D eigenvalue weighted by molar-refractivity contribution is -0.139. The molecule has 0 aliphatic heterocycles. The summed E-state index contributed by atoms with van der Waals surface area (Å²) in [6.45, 7) is 2.22. The van der Waals surface area contributed by atoms with Crippen molar-refractivity contribution in [2.75, 3.05) is 6.54 Å². The summed E-state index contributed by atoms with van der Waals surface area (Å²) in [7, 11) is 0. The topological polar surface area (TPSA) is 40.5 Å². The van der Waals surface area contributed by atoms with Gasteiger partial charge < -0.3 is 5.11 Å². The standard InChI is InChI=1S/C15H20BrNO2/c1-11(13-8-4-5-9-14(13)16)17(10-15(18)19)12-6-2-3-7-12/h4-5,8-9,11-12H,2-3,6-7,10H2,1H3,(H,18,19). The van der Waals surface area contributed by atoms with Crippen molar-refractivity contribution in [3.05, 3.63) is 34.3 Å². The van der Waals surface area contributed by atoms with Crippen molar-refractivity contribution in [2.24, 2.45) is 0 Å². The minimum Gasteiger partial charge on any atom is -0.480 e. The molecule has 19 heavy (non-hydrogen) atoms. The Balaban J connectivity index is 2.21. The van der Waals surface area contributed by atoms with Crippen molar-refractivity contribution in [3.63, 3.8) is 0 Å². The molecule has 4 heteroatoms. The number of aliphatic carboxylic acids is 1. The van der Waals surface area contributed by atoms with Crippen LogP contribution in [0.4, 0.5) is 0 Å². The van der Waals surface area contributed by atoms with E-state index in [1.807, 2.05) is 18.2 Å². The van der Waals surface area contributed by atoms with E-state index in [9.17, 15) is 4.79 Å². The Hall–Kier alpha value is -0.870. The van der Waals surface area contributed by atoms with Crippen LogP contribution in [0.25, 0.3) is 0 Å². The highest BCUT2D eigenvalue weighted by Gasteiger charge is 2.29. The molecule has 0 bridgehead atoms. The van der Waals surface area contributed by atoms with E-state index in [-0.39, 0.29) is 12.6 Å². The van der Waals surface area contributed by atoms with Crippen LogP contribution < -0.4 is 0 Å². The summed E-state index contributed by atoms with van der Waals surface area (Å²) in [6, 6.07) is 8.59. The van der Waals surface area contributed by atoms with Gasteiger partial charge in [0.1, 0.15) is 0 Å². The summed E-state index contributed by atoms with van der Waals surface area (Å²) >= 11 is 3.57. The summed E-state index contributed by atoms with van der Waals surface area (Å²) in [5, 5.41) is 9.16. The number of halogens is 1. The van der Waals surface area contributed by atoms with Crippen LogP contribution in [0, 0.1) is 0 Å². The first kappa shape index (κ1) is 14.5. The maximum Gasteiger partial charge on any atom is 0.317 e. The van der Waals surface area contributed by atoms with E-state index in [2.05, 4.69) is 33.8 Å². The lowest BCUT2D eigenvalue weighted by atomic mass is 10.0. The smallest absolute Gasteiger partial charge is 0.317 e. The molecule has 0 saturated heterocycles. The van der Waals surface area contributed by atoms with Gasteiger partial charge in [0.25, 0.3) is 0 Å². The molecule has 0 amide bonds. The molecule has 104 valence electrons. The summed E-state index contributed by atoms with van der Waals surface area (Å²) in [5.74, 6) is -0.745. The van der Waals surface area contributed by atoms with Crippen LogP contribution in [0.15, 0.2) is 28.7 Å². The van der Waals surface area contributed by atoms with E-state index in [0.29, 0.717) is 6.04 Å². The van der Waals surface area contributed by atoms with Crippen LogP contribution in [0.1, 0.15) is 44.2 Å². The second kappa shape index (κ2) is 6.53. The molecular weight excluding hydrogens is 306 g/mol. The molecule has 0 spiro atoms. The summed E-state index contributed by atoms with van der Waals surface area (Å²) in [6.07, 6.45) is 4.65. The molecular formula is C15H20BrNO2. The number of carboxylic acids is 1. The van der Waals surface area contributed by atoms with Gasteiger partial charge in [-0.3, -0.25) is 9.69 Å². The third-order valence-corrected chi connectivity index (χ3v) is 4.69. The number of hydrogen-bond acceptors (Lipinski definition) is 2. The Morgan fingerprint density at radius 1 is 1.42 bits per heavy atom. The van der Waals surface area contributed by atoms with Crippen molar-refractivity contribution in [1.82, 2.24) is 4.90 Å². The number of carbonyl (C=O) groups is 1. The van der Waals surface area contributed by atoms with Gasteiger partial charge in [0.05, 0.1) is 6.54 Å². The minimum absolute atomic E-state index is 0.118. The summed E-state index contributed by atoms with van der Waals surface area (Å²) in [5.41, 5.74) is 1.16. The van der Waals surface area contributed by atoms with Crippen molar-refractivity contribution in [1.29, 1.82) is 0 Å². The molecule has 0 aromatic heterocycles. The minimum atomic E-state index is -0.745. The van der Waals surface area contributed by atoms with Gasteiger partial charge in [-0.05, 0) is 31.4 Å². The molecule has 1 unspecified atom stereocenters. The van der Waals surface area contributed by atoms with Gasteiger partial charge in [0.15, 0.2) is 0 Å². The van der Waals surface area contributed by atoms with Gasteiger partial charge in [-0.15, -0.1) is 0 Å². The van der Waals surface area contributed by atoms with Crippen LogP contribution in [0.3, 0.4) is 0 Å². The number of rotatable bonds is 5. The SMILES string of the molecule is CC(c1ccccc1Br)N(CC(=O)O)C1CCCC1. The monoisotopic (exact) mass is 325 g/mol. The molecule has 1 atom stereocenters. The molecule has 1 saturated carbocycles. The third kappa shape index (κ3) is 3.57. The van der Waals surface area contributed by atoms with E-state index in [0.717, 1.165) is 22.9 Å². The normalized spacial score (nSPS) is 17.8. The molecule has 1 aromatic rings. The van der Waals surface area contributed by atoms with Gasteiger partial charge in [-0.25, -0.2) is 0 Å². The number of hydrogen-bond donors (Lipinski definition) is 1. The van der Waals surface area contributed by atoms with Gasteiger partial charge >= 0.3 is 5.97 Å². The average Bonchev–Trinajstić information content (AvgIpc) is 2.89. The molecule has 3 nitrogen and oxygen atoms in total. The fourth-order valence-electron chi connectivity index (χ4n) is 2.97. The van der Waals surface area contributed by atoms with Crippen LogP contribution in [0.2, 0.25) is 0 Å². The van der Waals surface area contributed by atoms with E-state index >= 15 is 0 Å². The first-order chi connectivity index (χ1) is 9.09. The average molecular weight is 326 g/mol. The highest BCUT2D eigenvalue weighted by molar-refractivity contribution is 9.10. The number of carboxylic acid groups (broad SMARTS) is 1. The zero-order valence-electron chi connectivity index (χ0n) is 11.2. The Labute approximate surface area is 122 Å². The first-order valence-corrected chi connectivity index (χ1v) is 7.61. The zero-order chi connectivity index (χ0) is 13.8. The predicted octanol–water partition coefficient (Wildman–Crippen LogP) is 3.84. The maximum atomic E-state index is 11.1. The van der Waals surface area contributed by atoms with Gasteiger partial charge in [-0.1, -0.05) is 47.0 Å². The summed E-state index contributed by atoms with van der Waals surface area (Å²) < 4.78 is 1.05. The third-order valence-electron chi connectivity index (χ3n) is 3.96. The van der Waals surface area contributed by atoms with Crippen LogP contribution >= 0.6 is 15.9 Å². The first-order valence-electron chi connectivity index (χ1n) is 6.81. The fraction of sp³-hybridized carbons (Fsp3) is 0.533. The number of nitrogens with zero attached hydrogens (tertiary/aromatic N) is 1. The predicted molar refractivity (Wildman–Crippen MR) is 79.2 cm³/mol. The second-order valence-corrected chi connectivity index (χ2v) is 6.06. The molecule has 1 fully saturated rings. The van der Waals surface area contributed by atoms with Crippen molar-refractivity contribution >= 4 is 21.9 Å². The molecule has 2 rings (SSSR count). The molecule has 0 heterocycles. The van der Waals surface area contributed by atoms with Crippen molar-refractivity contribution in [3.8, 4) is 0 Å². The molecule has 1 aliphatic rings. The maximum absolute atomic E-state index is 11.1. The molecule has 0 radical (unpaired) electrons. The van der Waals surface area contributed by atoms with E-state index < -0.39 is 5.97 Å². The Bertz CT molecular complexity index is 444. The Morgan fingerprint density at radius 3 is 2.63 bits per heavy atom. The van der Waals surface area contributed by atoms with Crippen molar-refractivity contribution in [2.45, 2.75) is 44.7 Å². The summed E-state index contributed by atoms with van der Waals surface area (Å²) in [4.78, 5) is 13.3. The van der Waals surface area contributed by atoms with Crippen LogP contribution in [-0.4, -0.2) is 28.6 Å². The molecule has 1 aromatic carbocycles. The quantitative estimate of drug-likeness (QED) is 0.894. The fourth-order valence-corrected chi connectivity index (χ4v) is 3.58. The number of benzene rings is 1. The van der Waals surface area contributed by atoms with E-state index in [4.69, 9.17) is 5.11 Å².